The lowest BCUT2D eigenvalue weighted by molar-refractivity contribution is 0.0846. The van der Waals surface area contributed by atoms with Gasteiger partial charge in [0.05, 0.1) is 7.11 Å². The largest absolute Gasteiger partial charge is 0.496 e. The van der Waals surface area contributed by atoms with Crippen molar-refractivity contribution in [3.63, 3.8) is 0 Å². The standard InChI is InChI=1S/C16H21N3O2/c1-10-3-4-12(9-13(10)20-2)14-15(18-19-16(14)17)11-5-7-21-8-6-11/h3-4,9,11H,5-8H2,1-2H3,(H3,17,18,19). The summed E-state index contributed by atoms with van der Waals surface area (Å²) in [6.45, 7) is 3.61. The average Bonchev–Trinajstić information content (AvgIpc) is 2.90. The Hall–Kier alpha value is -2.01. The Morgan fingerprint density at radius 1 is 1.33 bits per heavy atom. The minimum absolute atomic E-state index is 0.422. The number of anilines is 1. The van der Waals surface area contributed by atoms with Gasteiger partial charge in [-0.05, 0) is 37.0 Å². The molecule has 0 radical (unpaired) electrons. The average molecular weight is 287 g/mol. The monoisotopic (exact) mass is 287 g/mol. The highest BCUT2D eigenvalue weighted by molar-refractivity contribution is 5.78. The topological polar surface area (TPSA) is 73.2 Å². The van der Waals surface area contributed by atoms with E-state index >= 15 is 0 Å². The predicted octanol–water partition coefficient (Wildman–Crippen LogP) is 2.87. The first-order chi connectivity index (χ1) is 10.2. The van der Waals surface area contributed by atoms with Crippen molar-refractivity contribution < 1.29 is 9.47 Å². The molecule has 1 aliphatic heterocycles. The summed E-state index contributed by atoms with van der Waals surface area (Å²) in [6, 6.07) is 6.15. The van der Waals surface area contributed by atoms with Crippen molar-refractivity contribution in [3.8, 4) is 16.9 Å². The third-order valence-corrected chi connectivity index (χ3v) is 4.15. The number of hydrogen-bond acceptors (Lipinski definition) is 4. The number of hydrogen-bond donors (Lipinski definition) is 2. The number of rotatable bonds is 3. The molecule has 5 nitrogen and oxygen atoms in total. The van der Waals surface area contributed by atoms with Crippen LogP contribution in [0.15, 0.2) is 18.2 Å². The number of nitrogens with two attached hydrogens (primary N) is 1. The van der Waals surface area contributed by atoms with Gasteiger partial charge in [0.25, 0.3) is 0 Å². The van der Waals surface area contributed by atoms with Gasteiger partial charge in [0.1, 0.15) is 5.75 Å². The fourth-order valence-electron chi connectivity index (χ4n) is 2.93. The zero-order valence-corrected chi connectivity index (χ0v) is 12.5. The van der Waals surface area contributed by atoms with E-state index in [9.17, 15) is 0 Å². The number of nitrogens with one attached hydrogen (secondary N) is 1. The molecule has 0 amide bonds. The number of methoxy groups -OCH3 is 1. The summed E-state index contributed by atoms with van der Waals surface area (Å²) in [4.78, 5) is 0. The lowest BCUT2D eigenvalue weighted by Crippen LogP contribution is -2.15. The summed E-state index contributed by atoms with van der Waals surface area (Å²) in [7, 11) is 1.68. The molecule has 0 atom stereocenters. The molecule has 2 heterocycles. The number of aryl methyl sites for hydroxylation is 1. The molecule has 1 fully saturated rings. The molecule has 3 N–H and O–H groups in total. The van der Waals surface area contributed by atoms with E-state index in [4.69, 9.17) is 15.2 Å². The van der Waals surface area contributed by atoms with Gasteiger partial charge < -0.3 is 15.2 Å². The molecule has 0 aliphatic carbocycles. The van der Waals surface area contributed by atoms with Crippen LogP contribution in [0.4, 0.5) is 5.82 Å². The van der Waals surface area contributed by atoms with Crippen LogP contribution in [0, 0.1) is 6.92 Å². The summed E-state index contributed by atoms with van der Waals surface area (Å²) in [5, 5.41) is 7.34. The summed E-state index contributed by atoms with van der Waals surface area (Å²) in [6.07, 6.45) is 2.00. The normalized spacial score (nSPS) is 16.1. The van der Waals surface area contributed by atoms with Crippen molar-refractivity contribution in [2.45, 2.75) is 25.7 Å². The van der Waals surface area contributed by atoms with Crippen LogP contribution in [-0.4, -0.2) is 30.5 Å². The Balaban J connectivity index is 2.03. The van der Waals surface area contributed by atoms with Crippen LogP contribution < -0.4 is 10.5 Å². The smallest absolute Gasteiger partial charge is 0.153 e. The van der Waals surface area contributed by atoms with Gasteiger partial charge in [-0.1, -0.05) is 12.1 Å². The number of benzene rings is 1. The van der Waals surface area contributed by atoms with E-state index in [2.05, 4.69) is 16.3 Å². The number of nitrogen functional groups attached to an aromatic ring is 1. The minimum Gasteiger partial charge on any atom is -0.496 e. The Kier molecular flexibility index (Phi) is 3.84. The molecule has 1 aliphatic rings. The zero-order chi connectivity index (χ0) is 14.8. The van der Waals surface area contributed by atoms with E-state index in [1.165, 1.54) is 0 Å². The maximum absolute atomic E-state index is 6.10. The number of aromatic nitrogens is 2. The summed E-state index contributed by atoms with van der Waals surface area (Å²) in [5.74, 6) is 1.83. The van der Waals surface area contributed by atoms with E-state index < -0.39 is 0 Å². The Labute approximate surface area is 124 Å². The van der Waals surface area contributed by atoms with Gasteiger partial charge in [0.15, 0.2) is 5.82 Å². The molecule has 112 valence electrons. The van der Waals surface area contributed by atoms with Crippen LogP contribution in [0.3, 0.4) is 0 Å². The van der Waals surface area contributed by atoms with E-state index in [-0.39, 0.29) is 0 Å². The van der Waals surface area contributed by atoms with Gasteiger partial charge in [-0.2, -0.15) is 5.10 Å². The highest BCUT2D eigenvalue weighted by Gasteiger charge is 2.24. The first kappa shape index (κ1) is 13.9. The second kappa shape index (κ2) is 5.77. The molecule has 21 heavy (non-hydrogen) atoms. The lowest BCUT2D eigenvalue weighted by Gasteiger charge is -2.22. The van der Waals surface area contributed by atoms with Gasteiger partial charge in [-0.25, -0.2) is 0 Å². The van der Waals surface area contributed by atoms with Gasteiger partial charge in [-0.15, -0.1) is 0 Å². The van der Waals surface area contributed by atoms with Crippen molar-refractivity contribution >= 4 is 5.82 Å². The van der Waals surface area contributed by atoms with Gasteiger partial charge in [0.2, 0.25) is 0 Å². The van der Waals surface area contributed by atoms with Crippen LogP contribution in [-0.2, 0) is 4.74 Å². The Bertz CT molecular complexity index is 630. The maximum atomic E-state index is 6.10. The first-order valence-corrected chi connectivity index (χ1v) is 7.27. The number of ether oxygens (including phenoxy) is 2. The Morgan fingerprint density at radius 3 is 2.81 bits per heavy atom. The SMILES string of the molecule is COc1cc(-c2c(N)n[nH]c2C2CCOCC2)ccc1C. The van der Waals surface area contributed by atoms with Gasteiger partial charge in [0, 0.05) is 30.4 Å². The van der Waals surface area contributed by atoms with Crippen LogP contribution >= 0.6 is 0 Å². The lowest BCUT2D eigenvalue weighted by atomic mass is 9.91. The number of nitrogens with zero attached hydrogens (tertiary/aromatic N) is 1. The fourth-order valence-corrected chi connectivity index (χ4v) is 2.93. The van der Waals surface area contributed by atoms with E-state index in [1.54, 1.807) is 7.11 Å². The highest BCUT2D eigenvalue weighted by Crippen LogP contribution is 2.38. The molecule has 1 saturated heterocycles. The van der Waals surface area contributed by atoms with Gasteiger partial charge >= 0.3 is 0 Å². The predicted molar refractivity (Wildman–Crippen MR) is 82.5 cm³/mol. The fraction of sp³-hybridized carbons (Fsp3) is 0.438. The van der Waals surface area contributed by atoms with Crippen LogP contribution in [0.1, 0.15) is 30.0 Å². The van der Waals surface area contributed by atoms with Crippen molar-refractivity contribution in [2.24, 2.45) is 0 Å². The van der Waals surface area contributed by atoms with Crippen molar-refractivity contribution in [2.75, 3.05) is 26.1 Å². The van der Waals surface area contributed by atoms with Crippen molar-refractivity contribution in [1.82, 2.24) is 10.2 Å². The molecule has 0 bridgehead atoms. The second-order valence-corrected chi connectivity index (χ2v) is 5.47. The summed E-state index contributed by atoms with van der Waals surface area (Å²) in [5.41, 5.74) is 10.4. The Morgan fingerprint density at radius 2 is 2.10 bits per heavy atom. The third-order valence-electron chi connectivity index (χ3n) is 4.15. The quantitative estimate of drug-likeness (QED) is 0.910. The number of H-pyrrole nitrogens is 1. The highest BCUT2D eigenvalue weighted by atomic mass is 16.5. The van der Waals surface area contributed by atoms with Crippen LogP contribution in [0.25, 0.3) is 11.1 Å². The molecular weight excluding hydrogens is 266 g/mol. The van der Waals surface area contributed by atoms with E-state index in [1.807, 2.05) is 19.1 Å². The first-order valence-electron chi connectivity index (χ1n) is 7.27. The molecular formula is C16H21N3O2. The zero-order valence-electron chi connectivity index (χ0n) is 12.5. The third kappa shape index (κ3) is 2.61. The van der Waals surface area contributed by atoms with E-state index in [0.29, 0.717) is 11.7 Å². The molecule has 1 aromatic heterocycles. The maximum Gasteiger partial charge on any atom is 0.153 e. The second-order valence-electron chi connectivity index (χ2n) is 5.47. The molecule has 2 aromatic rings. The summed E-state index contributed by atoms with van der Waals surface area (Å²) < 4.78 is 10.9. The van der Waals surface area contributed by atoms with E-state index in [0.717, 1.165) is 54.2 Å². The molecule has 0 saturated carbocycles. The van der Waals surface area contributed by atoms with Crippen molar-refractivity contribution in [3.05, 3.63) is 29.5 Å². The summed E-state index contributed by atoms with van der Waals surface area (Å²) >= 11 is 0. The minimum atomic E-state index is 0.422. The van der Waals surface area contributed by atoms with Gasteiger partial charge in [-0.3, -0.25) is 5.10 Å². The van der Waals surface area contributed by atoms with Crippen LogP contribution in [0.5, 0.6) is 5.75 Å². The molecule has 1 aromatic carbocycles. The molecule has 0 unspecified atom stereocenters. The number of aromatic amines is 1. The van der Waals surface area contributed by atoms with Crippen LogP contribution in [0.2, 0.25) is 0 Å². The molecule has 5 heteroatoms. The molecule has 0 spiro atoms. The van der Waals surface area contributed by atoms with Crippen molar-refractivity contribution in [1.29, 1.82) is 0 Å². The molecule has 3 rings (SSSR count).